The Morgan fingerprint density at radius 2 is 1.53 bits per heavy atom. The summed E-state index contributed by atoms with van der Waals surface area (Å²) in [5.74, 6) is -9.30. The van der Waals surface area contributed by atoms with Crippen LogP contribution in [0.25, 0.3) is 38.7 Å². The largest absolute Gasteiger partial charge is 0.507 e. The van der Waals surface area contributed by atoms with E-state index in [9.17, 15) is 63.9 Å². The standard InChI is InChI=1S/C75H96N10O18/c1-38(2)59(80-53(87)21-14-13-15-31-84-54(88)26-27-55(84)89)73(98)79-49(20-17-30-77-74(76)99)72(97)78-46-24-22-45(23-25-46)37-85(10,11)48-28-32-83(36-48)47-34-50(86)60-52(35-47)102-69-61(81-60)56-57-66(93)44(8)68-58(56)70(95)75(9,103-68)101-33-29-51(100-12)41(5)64(91)43(7)65(92)42(6)63(90)39(3)18-16-19-40(4)71(96)82-62(69)67(57)94/h16,18-19,22-27,29,33-35,38-39,41-43,48-49,51,59,63-65,90-92H,13-15,17,20-21,28,30-32,36-37H2,1-12H3,(H8-,76,77,78,79,80,81,82,86,87,88,89,93,94,95,96,97,98,99)/p+1/t39-,41+,42+,43-,48+,49-,51-,59-,63-,64+,65+,75-/m0/s1. The number of urea groups is 1. The molecule has 8 amide bonds. The molecule has 0 saturated carbocycles. The lowest BCUT2D eigenvalue weighted by molar-refractivity contribution is -0.925. The fraction of sp³-hybridized carbons (Fsp3) is 0.493. The Bertz CT molecular complexity index is 4400. The van der Waals surface area contributed by atoms with Crippen molar-refractivity contribution in [3.63, 3.8) is 0 Å². The molecule has 0 aliphatic carbocycles. The lowest BCUT2D eigenvalue weighted by Crippen LogP contribution is -2.54. The second-order valence-corrected chi connectivity index (χ2v) is 28.7. The number of quaternary nitrogens is 1. The molecule has 9 rings (SSSR count). The van der Waals surface area contributed by atoms with E-state index in [-0.39, 0.29) is 117 Å². The number of carbonyl (C=O) groups is 7. The molecule has 12 N–H and O–H groups in total. The number of phenolic OH excluding ortho intramolecular Hbond substituents is 1. The minimum atomic E-state index is -2.03. The highest BCUT2D eigenvalue weighted by Crippen LogP contribution is 2.43. The molecule has 28 heteroatoms. The van der Waals surface area contributed by atoms with Crippen LogP contribution < -0.4 is 58.0 Å². The molecule has 12 atom stereocenters. The number of fused-ring (bicyclic) bond motifs is 2. The fourth-order valence-electron chi connectivity index (χ4n) is 13.9. The van der Waals surface area contributed by atoms with E-state index in [1.807, 2.05) is 17.0 Å². The number of benzene rings is 4. The van der Waals surface area contributed by atoms with E-state index in [2.05, 4.69) is 40.7 Å². The number of aliphatic hydroxyl groups excluding tert-OH is 4. The number of amides is 8. The van der Waals surface area contributed by atoms with Crippen molar-refractivity contribution < 1.29 is 82.2 Å². The van der Waals surface area contributed by atoms with Gasteiger partial charge in [0.05, 0.1) is 61.9 Å². The highest BCUT2D eigenvalue weighted by Gasteiger charge is 2.45. The van der Waals surface area contributed by atoms with E-state index < -0.39 is 118 Å². The number of primary amides is 1. The number of aromatic hydroxyl groups is 1. The van der Waals surface area contributed by atoms with Crippen molar-refractivity contribution in [2.45, 2.75) is 162 Å². The number of aliphatic hydroxyl groups is 4. The van der Waals surface area contributed by atoms with Crippen LogP contribution >= 0.6 is 0 Å². The van der Waals surface area contributed by atoms with Gasteiger partial charge in [-0.15, -0.1) is 0 Å². The molecule has 0 spiro atoms. The maximum Gasteiger partial charge on any atom is 0.312 e. The average molecular weight is 1430 g/mol. The Hall–Kier alpha value is -9.74. The van der Waals surface area contributed by atoms with Gasteiger partial charge in [-0.2, -0.15) is 0 Å². The zero-order valence-corrected chi connectivity index (χ0v) is 60.3. The lowest BCUT2D eigenvalue weighted by atomic mass is 9.78. The van der Waals surface area contributed by atoms with Gasteiger partial charge >= 0.3 is 11.8 Å². The van der Waals surface area contributed by atoms with E-state index in [1.165, 1.54) is 64.5 Å². The topological polar surface area (TPSA) is 401 Å². The van der Waals surface area contributed by atoms with Crippen molar-refractivity contribution in [2.75, 3.05) is 62.9 Å². The summed E-state index contributed by atoms with van der Waals surface area (Å²) >= 11 is 0. The summed E-state index contributed by atoms with van der Waals surface area (Å²) in [7, 11) is 5.60. The van der Waals surface area contributed by atoms with Gasteiger partial charge in [-0.05, 0) is 63.7 Å². The third kappa shape index (κ3) is 17.0. The molecule has 103 heavy (non-hydrogen) atoms. The molecule has 0 radical (unpaired) electrons. The van der Waals surface area contributed by atoms with Gasteiger partial charge in [-0.3, -0.25) is 43.3 Å². The maximum absolute atomic E-state index is 15.2. The molecule has 4 aromatic carbocycles. The molecule has 5 aromatic rings. The van der Waals surface area contributed by atoms with Gasteiger partial charge in [0.15, 0.2) is 22.4 Å². The molecule has 4 aliphatic rings. The second-order valence-electron chi connectivity index (χ2n) is 28.7. The summed E-state index contributed by atoms with van der Waals surface area (Å²) in [6.07, 6.45) is 8.29. The van der Waals surface area contributed by atoms with Gasteiger partial charge in [-0.1, -0.05) is 78.3 Å². The van der Waals surface area contributed by atoms with E-state index in [4.69, 9.17) is 29.3 Å². The third-order valence-corrected chi connectivity index (χ3v) is 20.5. The SMILES string of the molecule is CO[C@H]1C=CO[C@@]2(C)Oc3c(C)c(O)c4c(=O)c(c5oc6cc(N7CC[C@@H]([N+](C)(C)Cc8ccc(NC(=O)[C@H](CCCNC(N)=O)NC(=O)[C@@H](NC(=O)CCCCCN9C(=O)C=CC9=O)C(C)C)cc8)C7)cc(=O)c6nc5c4c3=C2O)NC(=O)C(C)=CC=C[C@H](C)[C@H](O)[C@@H](C)[C@@H](O)[C@@H](C)[C@H](O)[C@@H]1C. The van der Waals surface area contributed by atoms with Crippen LogP contribution in [0.5, 0.6) is 11.5 Å². The molecule has 28 nitrogen and oxygen atoms in total. The Balaban J connectivity index is 0.953. The normalized spacial score (nSPS) is 24.0. The third-order valence-electron chi connectivity index (χ3n) is 20.5. The van der Waals surface area contributed by atoms with Gasteiger partial charge in [0.2, 0.25) is 28.6 Å². The van der Waals surface area contributed by atoms with Gasteiger partial charge in [0.1, 0.15) is 47.4 Å². The molecular formula is C75H97N10O18+. The number of hydrogen-bond acceptors (Lipinski definition) is 20. The predicted molar refractivity (Wildman–Crippen MR) is 387 cm³/mol. The zero-order valence-electron chi connectivity index (χ0n) is 60.3. The van der Waals surface area contributed by atoms with Crippen LogP contribution in [0.15, 0.2) is 98.7 Å². The number of carbonyl (C=O) groups excluding carboxylic acids is 7. The number of nitrogens with one attached hydrogen (secondary N) is 5. The van der Waals surface area contributed by atoms with Crippen LogP contribution in [0.2, 0.25) is 0 Å². The number of anilines is 3. The first-order valence-corrected chi connectivity index (χ1v) is 34.9. The number of nitrogens with zero attached hydrogens (tertiary/aromatic N) is 4. The molecule has 0 unspecified atom stereocenters. The molecule has 4 aliphatic heterocycles. The number of nitrogens with two attached hydrogens (primary N) is 1. The molecular weight excluding hydrogens is 1330 g/mol. The first-order valence-electron chi connectivity index (χ1n) is 34.9. The van der Waals surface area contributed by atoms with Crippen molar-refractivity contribution >= 4 is 97.3 Å². The molecule has 1 saturated heterocycles. The van der Waals surface area contributed by atoms with Gasteiger partial charge < -0.3 is 85.9 Å². The van der Waals surface area contributed by atoms with Crippen LogP contribution in [0.3, 0.4) is 0 Å². The van der Waals surface area contributed by atoms with Crippen LogP contribution in [-0.4, -0.2) is 177 Å². The molecule has 554 valence electrons. The summed E-state index contributed by atoms with van der Waals surface area (Å²) in [6.45, 7) is 16.6. The number of likely N-dealkylation sites (N-methyl/N-ethyl adjacent to an activating group) is 1. The number of imide groups is 1. The second kappa shape index (κ2) is 32.3. The number of hydrogen-bond donors (Lipinski definition) is 11. The van der Waals surface area contributed by atoms with Gasteiger partial charge in [-0.25, -0.2) is 9.78 Å². The minimum absolute atomic E-state index is 0.0163. The number of rotatable bonds is 21. The monoisotopic (exact) mass is 1430 g/mol. The Morgan fingerprint density at radius 3 is 2.20 bits per heavy atom. The maximum atomic E-state index is 15.2. The van der Waals surface area contributed by atoms with E-state index >= 15 is 4.79 Å². The van der Waals surface area contributed by atoms with Crippen LogP contribution in [-0.2, 0) is 44.8 Å². The smallest absolute Gasteiger partial charge is 0.312 e. The van der Waals surface area contributed by atoms with Crippen molar-refractivity contribution in [2.24, 2.45) is 35.3 Å². The molecule has 1 fully saturated rings. The number of phenols is 1. The lowest BCUT2D eigenvalue weighted by Gasteiger charge is -2.36. The van der Waals surface area contributed by atoms with Crippen LogP contribution in [0.1, 0.15) is 111 Å². The fourth-order valence-corrected chi connectivity index (χ4v) is 13.9. The summed E-state index contributed by atoms with van der Waals surface area (Å²) in [6, 6.07) is 7.54. The van der Waals surface area contributed by atoms with Crippen LogP contribution in [0, 0.1) is 36.5 Å². The number of aromatic nitrogens is 1. The van der Waals surface area contributed by atoms with Crippen molar-refractivity contribution in [1.82, 2.24) is 25.8 Å². The predicted octanol–water partition coefficient (Wildman–Crippen LogP) is 5.34. The highest BCUT2D eigenvalue weighted by molar-refractivity contribution is 6.17. The first-order chi connectivity index (χ1) is 48.7. The average Bonchev–Trinajstić information content (AvgIpc) is 1.66. The van der Waals surface area contributed by atoms with E-state index in [0.717, 1.165) is 10.5 Å². The van der Waals surface area contributed by atoms with Gasteiger partial charge in [0, 0.05) is 128 Å². The summed E-state index contributed by atoms with van der Waals surface area (Å²) in [4.78, 5) is 128. The summed E-state index contributed by atoms with van der Waals surface area (Å²) in [5, 5.41) is 71.9. The minimum Gasteiger partial charge on any atom is -0.507 e. The number of ether oxygens (including phenoxy) is 3. The first kappa shape index (κ1) is 77.4. The Kier molecular flexibility index (Phi) is 24.3. The van der Waals surface area contributed by atoms with Crippen molar-refractivity contribution in [3.05, 3.63) is 121 Å². The van der Waals surface area contributed by atoms with Gasteiger partial charge in [0.25, 0.3) is 17.7 Å². The molecule has 1 aromatic heterocycles. The van der Waals surface area contributed by atoms with Crippen molar-refractivity contribution in [3.8, 4) is 11.5 Å². The molecule has 4 bridgehead atoms. The Labute approximate surface area is 596 Å². The summed E-state index contributed by atoms with van der Waals surface area (Å²) < 4.78 is 25.3. The number of allylic oxidation sites excluding steroid dienone is 2. The van der Waals surface area contributed by atoms with E-state index in [0.29, 0.717) is 61.2 Å². The number of unbranched alkanes of at least 4 members (excludes halogenated alkanes) is 2. The summed E-state index contributed by atoms with van der Waals surface area (Å²) in [5.41, 5.74) is 4.61. The number of methoxy groups -OCH3 is 1. The zero-order chi connectivity index (χ0) is 75.3. The quantitative estimate of drug-likeness (QED) is 0.0145. The molecule has 5 heterocycles. The Morgan fingerprint density at radius 1 is 0.854 bits per heavy atom. The van der Waals surface area contributed by atoms with Crippen LogP contribution in [0.4, 0.5) is 21.9 Å². The highest BCUT2D eigenvalue weighted by atomic mass is 16.7. The van der Waals surface area contributed by atoms with Crippen molar-refractivity contribution in [1.29, 1.82) is 0 Å². The van der Waals surface area contributed by atoms with E-state index in [1.54, 1.807) is 71.9 Å².